The molecule has 0 unspecified atom stereocenters. The van der Waals surface area contributed by atoms with E-state index in [9.17, 15) is 9.59 Å². The van der Waals surface area contributed by atoms with E-state index in [4.69, 9.17) is 16.6 Å². The third-order valence-electron chi connectivity index (χ3n) is 4.89. The first kappa shape index (κ1) is 21.2. The molecule has 0 spiro atoms. The Morgan fingerprint density at radius 2 is 1.68 bits per heavy atom. The lowest BCUT2D eigenvalue weighted by molar-refractivity contribution is -0.113. The summed E-state index contributed by atoms with van der Waals surface area (Å²) in [5.74, 6) is -0.144. The predicted molar refractivity (Wildman–Crippen MR) is 128 cm³/mol. The molecule has 3 aromatic carbocycles. The maximum atomic E-state index is 13.4. The van der Waals surface area contributed by atoms with Gasteiger partial charge >= 0.3 is 0 Å². The molecule has 4 rings (SSSR count). The van der Waals surface area contributed by atoms with Gasteiger partial charge in [-0.05, 0) is 49.2 Å². The zero-order valence-corrected chi connectivity index (χ0v) is 18.6. The zero-order valence-electron chi connectivity index (χ0n) is 17.1. The van der Waals surface area contributed by atoms with Crippen molar-refractivity contribution in [2.75, 3.05) is 11.1 Å². The number of rotatable bonds is 5. The van der Waals surface area contributed by atoms with Gasteiger partial charge in [0.15, 0.2) is 5.16 Å². The van der Waals surface area contributed by atoms with E-state index in [-0.39, 0.29) is 17.2 Å². The van der Waals surface area contributed by atoms with E-state index in [0.717, 1.165) is 16.8 Å². The summed E-state index contributed by atoms with van der Waals surface area (Å²) >= 11 is 7.35. The van der Waals surface area contributed by atoms with E-state index in [2.05, 4.69) is 5.32 Å². The highest BCUT2D eigenvalue weighted by atomic mass is 35.5. The van der Waals surface area contributed by atoms with Gasteiger partial charge in [-0.2, -0.15) is 0 Å². The van der Waals surface area contributed by atoms with Crippen molar-refractivity contribution < 1.29 is 4.79 Å². The molecule has 0 aliphatic carbocycles. The molecule has 0 saturated heterocycles. The standard InChI is InChI=1S/C24H20ClN3O2S/c1-15-8-7-9-16(2)22(15)28-23(30)17-10-3-5-12-19(17)27-24(28)31-14-21(29)26-20-13-6-4-11-18(20)25/h3-13H,14H2,1-2H3,(H,26,29). The van der Waals surface area contributed by atoms with Gasteiger partial charge in [-0.25, -0.2) is 4.98 Å². The van der Waals surface area contributed by atoms with Crippen LogP contribution in [0.5, 0.6) is 0 Å². The van der Waals surface area contributed by atoms with Gasteiger partial charge in [-0.3, -0.25) is 14.2 Å². The SMILES string of the molecule is Cc1cccc(C)c1-n1c(SCC(=O)Nc2ccccc2Cl)nc2ccccc2c1=O. The number of halogens is 1. The minimum Gasteiger partial charge on any atom is -0.324 e. The summed E-state index contributed by atoms with van der Waals surface area (Å²) in [5.41, 5.74) is 3.71. The van der Waals surface area contributed by atoms with Gasteiger partial charge in [0.2, 0.25) is 5.91 Å². The van der Waals surface area contributed by atoms with Crippen molar-refractivity contribution in [3.63, 3.8) is 0 Å². The van der Waals surface area contributed by atoms with Crippen molar-refractivity contribution in [3.8, 4) is 5.69 Å². The maximum Gasteiger partial charge on any atom is 0.266 e. The lowest BCUT2D eigenvalue weighted by atomic mass is 10.1. The molecule has 0 atom stereocenters. The zero-order chi connectivity index (χ0) is 22.0. The number of benzene rings is 3. The van der Waals surface area contributed by atoms with Gasteiger partial charge in [-0.15, -0.1) is 0 Å². The van der Waals surface area contributed by atoms with Crippen LogP contribution in [0.3, 0.4) is 0 Å². The number of anilines is 1. The van der Waals surface area contributed by atoms with E-state index < -0.39 is 0 Å². The molecule has 1 amide bonds. The second-order valence-electron chi connectivity index (χ2n) is 7.11. The first-order valence-corrected chi connectivity index (χ1v) is 11.1. The molecule has 0 saturated carbocycles. The molecule has 0 fully saturated rings. The average molecular weight is 450 g/mol. The smallest absolute Gasteiger partial charge is 0.266 e. The Balaban J connectivity index is 1.74. The van der Waals surface area contributed by atoms with Crippen molar-refractivity contribution in [2.24, 2.45) is 0 Å². The molecule has 5 nitrogen and oxygen atoms in total. The van der Waals surface area contributed by atoms with Gasteiger partial charge in [0.1, 0.15) is 0 Å². The number of hydrogen-bond donors (Lipinski definition) is 1. The highest BCUT2D eigenvalue weighted by Gasteiger charge is 2.17. The molecule has 0 radical (unpaired) electrons. The summed E-state index contributed by atoms with van der Waals surface area (Å²) in [6.45, 7) is 3.92. The number of thioether (sulfide) groups is 1. The van der Waals surface area contributed by atoms with E-state index >= 15 is 0 Å². The number of hydrogen-bond acceptors (Lipinski definition) is 4. The number of para-hydroxylation sites is 3. The summed E-state index contributed by atoms with van der Waals surface area (Å²) in [6.07, 6.45) is 0. The number of nitrogens with one attached hydrogen (secondary N) is 1. The van der Waals surface area contributed by atoms with Crippen molar-refractivity contribution in [1.29, 1.82) is 0 Å². The van der Waals surface area contributed by atoms with E-state index in [1.807, 2.05) is 44.2 Å². The number of amides is 1. The van der Waals surface area contributed by atoms with E-state index in [1.165, 1.54) is 11.8 Å². The Labute approximate surface area is 189 Å². The van der Waals surface area contributed by atoms with Crippen molar-refractivity contribution >= 4 is 45.9 Å². The molecule has 0 bridgehead atoms. The second-order valence-corrected chi connectivity index (χ2v) is 8.46. The van der Waals surface area contributed by atoms with Crippen LogP contribution < -0.4 is 10.9 Å². The largest absolute Gasteiger partial charge is 0.324 e. The number of fused-ring (bicyclic) bond motifs is 1. The second kappa shape index (κ2) is 8.96. The van der Waals surface area contributed by atoms with Crippen molar-refractivity contribution in [1.82, 2.24) is 9.55 Å². The average Bonchev–Trinajstić information content (AvgIpc) is 2.75. The van der Waals surface area contributed by atoms with E-state index in [1.54, 1.807) is 41.0 Å². The van der Waals surface area contributed by atoms with Gasteiger partial charge in [-0.1, -0.05) is 65.8 Å². The first-order chi connectivity index (χ1) is 15.0. The topological polar surface area (TPSA) is 64.0 Å². The van der Waals surface area contributed by atoms with Gasteiger partial charge in [0.05, 0.1) is 33.1 Å². The van der Waals surface area contributed by atoms with Crippen LogP contribution in [0.1, 0.15) is 11.1 Å². The quantitative estimate of drug-likeness (QED) is 0.328. The Kier molecular flexibility index (Phi) is 6.11. The van der Waals surface area contributed by atoms with Gasteiger partial charge < -0.3 is 5.32 Å². The third kappa shape index (κ3) is 4.36. The molecule has 0 aliphatic heterocycles. The molecule has 7 heteroatoms. The molecule has 0 aliphatic rings. The minimum atomic E-state index is -0.228. The lowest BCUT2D eigenvalue weighted by Crippen LogP contribution is -2.24. The summed E-state index contributed by atoms with van der Waals surface area (Å²) < 4.78 is 1.61. The number of aryl methyl sites for hydroxylation is 2. The first-order valence-electron chi connectivity index (χ1n) is 9.71. The summed E-state index contributed by atoms with van der Waals surface area (Å²) in [6, 6.07) is 20.2. The van der Waals surface area contributed by atoms with Crippen LogP contribution in [-0.4, -0.2) is 21.2 Å². The Hall–Kier alpha value is -3.09. The molecule has 1 heterocycles. The van der Waals surface area contributed by atoms with Crippen LogP contribution in [-0.2, 0) is 4.79 Å². The highest BCUT2D eigenvalue weighted by Crippen LogP contribution is 2.26. The molecule has 156 valence electrons. The maximum absolute atomic E-state index is 13.4. The number of carbonyl (C=O) groups is 1. The Bertz CT molecular complexity index is 1330. The van der Waals surface area contributed by atoms with Crippen LogP contribution in [0.15, 0.2) is 76.7 Å². The van der Waals surface area contributed by atoms with Gasteiger partial charge in [0, 0.05) is 0 Å². The summed E-state index contributed by atoms with van der Waals surface area (Å²) in [7, 11) is 0. The van der Waals surface area contributed by atoms with Crippen LogP contribution in [0.4, 0.5) is 5.69 Å². The third-order valence-corrected chi connectivity index (χ3v) is 6.16. The monoisotopic (exact) mass is 449 g/mol. The predicted octanol–water partition coefficient (Wildman–Crippen LogP) is 5.39. The molecular weight excluding hydrogens is 430 g/mol. The molecule has 31 heavy (non-hydrogen) atoms. The number of carbonyl (C=O) groups excluding carboxylic acids is 1. The van der Waals surface area contributed by atoms with Crippen LogP contribution in [0.2, 0.25) is 5.02 Å². The fourth-order valence-corrected chi connectivity index (χ4v) is 4.43. The highest BCUT2D eigenvalue weighted by molar-refractivity contribution is 7.99. The van der Waals surface area contributed by atoms with E-state index in [0.29, 0.717) is 26.8 Å². The Morgan fingerprint density at radius 3 is 2.42 bits per heavy atom. The lowest BCUT2D eigenvalue weighted by Gasteiger charge is -2.17. The number of aromatic nitrogens is 2. The van der Waals surface area contributed by atoms with Gasteiger partial charge in [0.25, 0.3) is 5.56 Å². The van der Waals surface area contributed by atoms with Crippen LogP contribution >= 0.6 is 23.4 Å². The summed E-state index contributed by atoms with van der Waals surface area (Å²) in [5, 5.41) is 4.28. The van der Waals surface area contributed by atoms with Crippen molar-refractivity contribution in [3.05, 3.63) is 93.2 Å². The van der Waals surface area contributed by atoms with Crippen molar-refractivity contribution in [2.45, 2.75) is 19.0 Å². The number of nitrogens with zero attached hydrogens (tertiary/aromatic N) is 2. The van der Waals surface area contributed by atoms with Crippen LogP contribution in [0.25, 0.3) is 16.6 Å². The fraction of sp³-hybridized carbons (Fsp3) is 0.125. The molecule has 1 N–H and O–H groups in total. The molecular formula is C24H20ClN3O2S. The Morgan fingerprint density at radius 1 is 1.00 bits per heavy atom. The molecule has 4 aromatic rings. The van der Waals surface area contributed by atoms with Crippen LogP contribution in [0, 0.1) is 13.8 Å². The minimum absolute atomic E-state index is 0.0843. The molecule has 1 aromatic heterocycles. The normalized spacial score (nSPS) is 10.9. The fourth-order valence-electron chi connectivity index (χ4n) is 3.44. The summed E-state index contributed by atoms with van der Waals surface area (Å²) in [4.78, 5) is 30.7.